The summed E-state index contributed by atoms with van der Waals surface area (Å²) in [6.07, 6.45) is 4.11. The van der Waals surface area contributed by atoms with Gasteiger partial charge in [0.2, 0.25) is 0 Å². The van der Waals surface area contributed by atoms with Crippen LogP contribution in [0.2, 0.25) is 0 Å². The average molecular weight is 174 g/mol. The summed E-state index contributed by atoms with van der Waals surface area (Å²) in [5.41, 5.74) is 1.15. The van der Waals surface area contributed by atoms with Crippen molar-refractivity contribution in [1.82, 2.24) is 0 Å². The largest absolute Gasteiger partial charge is 0.299 e. The molecule has 0 atom stereocenters. The van der Waals surface area contributed by atoms with Crippen molar-refractivity contribution in [3.8, 4) is 0 Å². The maximum atomic E-state index is 11.6. The number of hydrogen-bond donors (Lipinski definition) is 0. The summed E-state index contributed by atoms with van der Waals surface area (Å²) in [7, 11) is 0. The molecule has 0 saturated heterocycles. The molecule has 0 unspecified atom stereocenters. The van der Waals surface area contributed by atoms with E-state index >= 15 is 0 Å². The van der Waals surface area contributed by atoms with Crippen LogP contribution in [-0.2, 0) is 11.2 Å². The summed E-state index contributed by atoms with van der Waals surface area (Å²) in [6, 6.07) is 10.0. The highest BCUT2D eigenvalue weighted by Gasteiger charge is 2.24. The first-order valence-corrected chi connectivity index (χ1v) is 4.93. The zero-order valence-corrected chi connectivity index (χ0v) is 7.70. The summed E-state index contributed by atoms with van der Waals surface area (Å²) in [5, 5.41) is 0. The highest BCUT2D eigenvalue weighted by molar-refractivity contribution is 5.83. The minimum absolute atomic E-state index is 0.375. The fourth-order valence-corrected chi connectivity index (χ4v) is 1.67. The molecule has 13 heavy (non-hydrogen) atoms. The first kappa shape index (κ1) is 8.49. The Morgan fingerprint density at radius 2 is 1.92 bits per heavy atom. The lowest BCUT2D eigenvalue weighted by molar-refractivity contribution is -0.124. The Morgan fingerprint density at radius 1 is 1.23 bits per heavy atom. The van der Waals surface area contributed by atoms with Crippen molar-refractivity contribution >= 4 is 5.78 Å². The van der Waals surface area contributed by atoms with E-state index in [-0.39, 0.29) is 0 Å². The third-order valence-corrected chi connectivity index (χ3v) is 2.78. The molecule has 0 aromatic heterocycles. The van der Waals surface area contributed by atoms with Crippen molar-refractivity contribution in [2.45, 2.75) is 25.7 Å². The van der Waals surface area contributed by atoms with E-state index in [9.17, 15) is 4.79 Å². The normalized spacial score (nSPS) is 16.6. The van der Waals surface area contributed by atoms with Crippen LogP contribution in [0, 0.1) is 5.92 Å². The molecule has 0 N–H and O–H groups in total. The van der Waals surface area contributed by atoms with Crippen molar-refractivity contribution in [3.05, 3.63) is 35.9 Å². The second-order valence-electron chi connectivity index (χ2n) is 3.76. The van der Waals surface area contributed by atoms with Crippen LogP contribution >= 0.6 is 0 Å². The quantitative estimate of drug-likeness (QED) is 0.688. The number of ketones is 1. The molecule has 0 amide bonds. The standard InChI is InChI=1S/C12H14O/c13-12(11-7-4-8-11)9-10-5-2-1-3-6-10/h1-3,5-6,11H,4,7-9H2. The third kappa shape index (κ3) is 1.97. The van der Waals surface area contributed by atoms with Crippen molar-refractivity contribution in [2.24, 2.45) is 5.92 Å². The highest BCUT2D eigenvalue weighted by Crippen LogP contribution is 2.28. The topological polar surface area (TPSA) is 17.1 Å². The van der Waals surface area contributed by atoms with Gasteiger partial charge in [0.25, 0.3) is 0 Å². The van der Waals surface area contributed by atoms with E-state index in [1.165, 1.54) is 6.42 Å². The van der Waals surface area contributed by atoms with E-state index in [4.69, 9.17) is 0 Å². The SMILES string of the molecule is O=C(Cc1ccccc1)C1CCC1. The lowest BCUT2D eigenvalue weighted by Gasteiger charge is -2.23. The minimum Gasteiger partial charge on any atom is -0.299 e. The van der Waals surface area contributed by atoms with Gasteiger partial charge >= 0.3 is 0 Å². The molecule has 1 fully saturated rings. The molecule has 0 heterocycles. The maximum Gasteiger partial charge on any atom is 0.140 e. The van der Waals surface area contributed by atoms with E-state index in [0.717, 1.165) is 18.4 Å². The van der Waals surface area contributed by atoms with Gasteiger partial charge in [-0.05, 0) is 18.4 Å². The Hall–Kier alpha value is -1.11. The van der Waals surface area contributed by atoms with Crippen molar-refractivity contribution in [3.63, 3.8) is 0 Å². The monoisotopic (exact) mass is 174 g/mol. The van der Waals surface area contributed by atoms with Crippen LogP contribution in [-0.4, -0.2) is 5.78 Å². The molecular formula is C12H14O. The predicted octanol–water partition coefficient (Wildman–Crippen LogP) is 2.60. The molecule has 1 nitrogen and oxygen atoms in total. The average Bonchev–Trinajstić information content (AvgIpc) is 2.02. The molecule has 0 aliphatic heterocycles. The molecular weight excluding hydrogens is 160 g/mol. The van der Waals surface area contributed by atoms with Gasteiger partial charge in [0.05, 0.1) is 0 Å². The summed E-state index contributed by atoms with van der Waals surface area (Å²) in [6.45, 7) is 0. The van der Waals surface area contributed by atoms with Crippen LogP contribution in [0.4, 0.5) is 0 Å². The van der Waals surface area contributed by atoms with E-state index < -0.39 is 0 Å². The first-order valence-electron chi connectivity index (χ1n) is 4.93. The molecule has 2 rings (SSSR count). The van der Waals surface area contributed by atoms with Gasteiger partial charge < -0.3 is 0 Å². The molecule has 0 spiro atoms. The lowest BCUT2D eigenvalue weighted by Crippen LogP contribution is -2.23. The highest BCUT2D eigenvalue weighted by atomic mass is 16.1. The van der Waals surface area contributed by atoms with Crippen molar-refractivity contribution in [2.75, 3.05) is 0 Å². The predicted molar refractivity (Wildman–Crippen MR) is 52.5 cm³/mol. The van der Waals surface area contributed by atoms with Gasteiger partial charge in [0, 0.05) is 12.3 Å². The Bertz CT molecular complexity index is 285. The Kier molecular flexibility index (Phi) is 2.44. The molecule has 1 aliphatic rings. The molecule has 0 radical (unpaired) electrons. The number of rotatable bonds is 3. The van der Waals surface area contributed by atoms with Gasteiger partial charge in [-0.15, -0.1) is 0 Å². The van der Waals surface area contributed by atoms with Crippen LogP contribution in [0.15, 0.2) is 30.3 Å². The number of carbonyl (C=O) groups is 1. The summed E-state index contributed by atoms with van der Waals surface area (Å²) in [5.74, 6) is 0.803. The van der Waals surface area contributed by atoms with E-state index in [0.29, 0.717) is 18.1 Å². The molecule has 68 valence electrons. The van der Waals surface area contributed by atoms with Crippen molar-refractivity contribution in [1.29, 1.82) is 0 Å². The van der Waals surface area contributed by atoms with Crippen LogP contribution in [0.5, 0.6) is 0 Å². The van der Waals surface area contributed by atoms with Crippen LogP contribution in [0.3, 0.4) is 0 Å². The van der Waals surface area contributed by atoms with Gasteiger partial charge in [-0.2, -0.15) is 0 Å². The summed E-state index contributed by atoms with van der Waals surface area (Å²) >= 11 is 0. The van der Waals surface area contributed by atoms with Gasteiger partial charge in [-0.25, -0.2) is 0 Å². The Balaban J connectivity index is 1.94. The maximum absolute atomic E-state index is 11.6. The van der Waals surface area contributed by atoms with Gasteiger partial charge in [0.15, 0.2) is 0 Å². The van der Waals surface area contributed by atoms with E-state index in [2.05, 4.69) is 0 Å². The zero-order valence-electron chi connectivity index (χ0n) is 7.70. The molecule has 1 aromatic carbocycles. The Labute approximate surface area is 78.8 Å². The van der Waals surface area contributed by atoms with Crippen LogP contribution < -0.4 is 0 Å². The van der Waals surface area contributed by atoms with E-state index in [1.54, 1.807) is 0 Å². The molecule has 1 heteroatoms. The molecule has 1 aliphatic carbocycles. The zero-order chi connectivity index (χ0) is 9.10. The fraction of sp³-hybridized carbons (Fsp3) is 0.417. The number of hydrogen-bond acceptors (Lipinski definition) is 1. The van der Waals surface area contributed by atoms with Gasteiger partial charge in [-0.1, -0.05) is 36.8 Å². The minimum atomic E-state index is 0.375. The lowest BCUT2D eigenvalue weighted by atomic mass is 9.80. The van der Waals surface area contributed by atoms with Crippen LogP contribution in [0.25, 0.3) is 0 Å². The molecule has 1 aromatic rings. The number of carbonyl (C=O) groups excluding carboxylic acids is 1. The Morgan fingerprint density at radius 3 is 2.46 bits per heavy atom. The smallest absolute Gasteiger partial charge is 0.140 e. The van der Waals surface area contributed by atoms with Gasteiger partial charge in [-0.3, -0.25) is 4.79 Å². The summed E-state index contributed by atoms with van der Waals surface area (Å²) in [4.78, 5) is 11.6. The van der Waals surface area contributed by atoms with E-state index in [1.807, 2.05) is 30.3 Å². The second-order valence-corrected chi connectivity index (χ2v) is 3.76. The molecule has 1 saturated carbocycles. The second kappa shape index (κ2) is 3.73. The number of benzene rings is 1. The van der Waals surface area contributed by atoms with Crippen LogP contribution in [0.1, 0.15) is 24.8 Å². The van der Waals surface area contributed by atoms with Gasteiger partial charge in [0.1, 0.15) is 5.78 Å². The fourth-order valence-electron chi connectivity index (χ4n) is 1.67. The first-order chi connectivity index (χ1) is 6.36. The summed E-state index contributed by atoms with van der Waals surface area (Å²) < 4.78 is 0. The third-order valence-electron chi connectivity index (χ3n) is 2.78. The number of Topliss-reactive ketones (excluding diaryl/α,β-unsaturated/α-hetero) is 1. The molecule has 0 bridgehead atoms. The van der Waals surface area contributed by atoms with Crippen molar-refractivity contribution < 1.29 is 4.79 Å².